The van der Waals surface area contributed by atoms with Crippen molar-refractivity contribution in [2.75, 3.05) is 26.3 Å². The Hall–Kier alpha value is -1.39. The first-order valence-corrected chi connectivity index (χ1v) is 7.46. The van der Waals surface area contributed by atoms with Gasteiger partial charge in [-0.25, -0.2) is 0 Å². The van der Waals surface area contributed by atoms with E-state index in [-0.39, 0.29) is 5.91 Å². The fourth-order valence-corrected chi connectivity index (χ4v) is 2.38. The third-order valence-electron chi connectivity index (χ3n) is 3.53. The lowest BCUT2D eigenvalue weighted by molar-refractivity contribution is -0.121. The first-order chi connectivity index (χ1) is 9.84. The third kappa shape index (κ3) is 5.72. The van der Waals surface area contributed by atoms with Crippen molar-refractivity contribution in [3.05, 3.63) is 35.9 Å². The van der Waals surface area contributed by atoms with Crippen LogP contribution in [-0.4, -0.2) is 38.3 Å². The number of carbonyl (C=O) groups is 1. The molecular weight excluding hydrogens is 252 g/mol. The summed E-state index contributed by atoms with van der Waals surface area (Å²) < 4.78 is 5.27. The van der Waals surface area contributed by atoms with Gasteiger partial charge in [0.05, 0.1) is 6.54 Å². The number of hydrogen-bond acceptors (Lipinski definition) is 3. The molecule has 4 heteroatoms. The average molecular weight is 276 g/mol. The molecular formula is C16H24N2O2. The molecule has 1 aliphatic rings. The highest BCUT2D eigenvalue weighted by Gasteiger charge is 2.15. The van der Waals surface area contributed by atoms with E-state index >= 15 is 0 Å². The number of aryl methyl sites for hydroxylation is 1. The van der Waals surface area contributed by atoms with E-state index in [2.05, 4.69) is 34.9 Å². The maximum atomic E-state index is 11.7. The molecule has 1 aromatic rings. The van der Waals surface area contributed by atoms with Crippen molar-refractivity contribution in [2.45, 2.75) is 31.7 Å². The van der Waals surface area contributed by atoms with Gasteiger partial charge < -0.3 is 15.4 Å². The van der Waals surface area contributed by atoms with E-state index in [1.165, 1.54) is 5.56 Å². The van der Waals surface area contributed by atoms with Crippen LogP contribution in [0.15, 0.2) is 30.3 Å². The smallest absolute Gasteiger partial charge is 0.234 e. The van der Waals surface area contributed by atoms with Crippen LogP contribution in [0.5, 0.6) is 0 Å². The van der Waals surface area contributed by atoms with Gasteiger partial charge in [-0.3, -0.25) is 4.79 Å². The van der Waals surface area contributed by atoms with Gasteiger partial charge in [-0.15, -0.1) is 0 Å². The SMILES string of the molecule is O=C(CNCCCc1ccccc1)NC1CCOCC1. The summed E-state index contributed by atoms with van der Waals surface area (Å²) in [6.07, 6.45) is 3.96. The molecule has 4 nitrogen and oxygen atoms in total. The highest BCUT2D eigenvalue weighted by Crippen LogP contribution is 2.05. The van der Waals surface area contributed by atoms with Crippen LogP contribution in [0.2, 0.25) is 0 Å². The molecule has 2 rings (SSSR count). The van der Waals surface area contributed by atoms with Crippen LogP contribution in [0.3, 0.4) is 0 Å². The summed E-state index contributed by atoms with van der Waals surface area (Å²) in [5, 5.41) is 6.25. The summed E-state index contributed by atoms with van der Waals surface area (Å²) in [5.41, 5.74) is 1.35. The minimum Gasteiger partial charge on any atom is -0.381 e. The van der Waals surface area contributed by atoms with Crippen molar-refractivity contribution < 1.29 is 9.53 Å². The van der Waals surface area contributed by atoms with E-state index in [4.69, 9.17) is 4.74 Å². The Morgan fingerprint density at radius 2 is 1.95 bits per heavy atom. The Bertz CT molecular complexity index is 389. The molecule has 0 radical (unpaired) electrons. The summed E-state index contributed by atoms with van der Waals surface area (Å²) in [5.74, 6) is 0.0941. The van der Waals surface area contributed by atoms with E-state index < -0.39 is 0 Å². The summed E-state index contributed by atoms with van der Waals surface area (Å²) in [7, 11) is 0. The molecule has 0 bridgehead atoms. The topological polar surface area (TPSA) is 50.4 Å². The second-order valence-electron chi connectivity index (χ2n) is 5.22. The van der Waals surface area contributed by atoms with E-state index in [0.29, 0.717) is 12.6 Å². The van der Waals surface area contributed by atoms with Gasteiger partial charge >= 0.3 is 0 Å². The molecule has 20 heavy (non-hydrogen) atoms. The zero-order valence-corrected chi connectivity index (χ0v) is 11.9. The highest BCUT2D eigenvalue weighted by atomic mass is 16.5. The molecule has 1 fully saturated rings. The van der Waals surface area contributed by atoms with Crippen LogP contribution >= 0.6 is 0 Å². The van der Waals surface area contributed by atoms with Crippen LogP contribution in [0, 0.1) is 0 Å². The zero-order valence-electron chi connectivity index (χ0n) is 11.9. The monoisotopic (exact) mass is 276 g/mol. The van der Waals surface area contributed by atoms with Crippen LogP contribution in [0.25, 0.3) is 0 Å². The fraction of sp³-hybridized carbons (Fsp3) is 0.562. The summed E-state index contributed by atoms with van der Waals surface area (Å²) >= 11 is 0. The lowest BCUT2D eigenvalue weighted by Gasteiger charge is -2.23. The molecule has 2 N–H and O–H groups in total. The maximum absolute atomic E-state index is 11.7. The lowest BCUT2D eigenvalue weighted by Crippen LogP contribution is -2.43. The normalized spacial score (nSPS) is 16.0. The Morgan fingerprint density at radius 3 is 2.70 bits per heavy atom. The van der Waals surface area contributed by atoms with Crippen molar-refractivity contribution in [2.24, 2.45) is 0 Å². The number of rotatable bonds is 7. The van der Waals surface area contributed by atoms with Crippen LogP contribution in [0.1, 0.15) is 24.8 Å². The van der Waals surface area contributed by atoms with E-state index in [1.54, 1.807) is 0 Å². The zero-order chi connectivity index (χ0) is 14.0. The Morgan fingerprint density at radius 1 is 1.20 bits per heavy atom. The summed E-state index contributed by atoms with van der Waals surface area (Å²) in [6, 6.07) is 10.7. The molecule has 1 amide bonds. The maximum Gasteiger partial charge on any atom is 0.234 e. The number of hydrogen-bond donors (Lipinski definition) is 2. The van der Waals surface area contributed by atoms with E-state index in [0.717, 1.165) is 45.4 Å². The van der Waals surface area contributed by atoms with Crippen molar-refractivity contribution in [1.29, 1.82) is 0 Å². The Labute approximate surface area is 120 Å². The predicted molar refractivity (Wildman–Crippen MR) is 79.6 cm³/mol. The molecule has 110 valence electrons. The molecule has 1 aliphatic heterocycles. The Balaban J connectivity index is 1.51. The van der Waals surface area contributed by atoms with E-state index in [1.807, 2.05) is 6.07 Å². The molecule has 0 aromatic heterocycles. The molecule has 0 atom stereocenters. The van der Waals surface area contributed by atoms with Gasteiger partial charge in [-0.1, -0.05) is 30.3 Å². The summed E-state index contributed by atoms with van der Waals surface area (Å²) in [4.78, 5) is 11.7. The first-order valence-electron chi connectivity index (χ1n) is 7.46. The van der Waals surface area contributed by atoms with Gasteiger partial charge in [-0.05, 0) is 37.8 Å². The molecule has 0 spiro atoms. The van der Waals surface area contributed by atoms with Crippen molar-refractivity contribution in [3.63, 3.8) is 0 Å². The molecule has 0 aliphatic carbocycles. The van der Waals surface area contributed by atoms with Crippen molar-refractivity contribution in [1.82, 2.24) is 10.6 Å². The largest absolute Gasteiger partial charge is 0.381 e. The van der Waals surface area contributed by atoms with Gasteiger partial charge in [0.15, 0.2) is 0 Å². The third-order valence-corrected chi connectivity index (χ3v) is 3.53. The molecule has 0 saturated carbocycles. The molecule has 1 heterocycles. The number of carbonyl (C=O) groups excluding carboxylic acids is 1. The fourth-order valence-electron chi connectivity index (χ4n) is 2.38. The second-order valence-corrected chi connectivity index (χ2v) is 5.22. The first kappa shape index (κ1) is 15.0. The number of ether oxygens (including phenoxy) is 1. The minimum absolute atomic E-state index is 0.0941. The Kier molecular flexibility index (Phi) is 6.54. The average Bonchev–Trinajstić information content (AvgIpc) is 2.49. The van der Waals surface area contributed by atoms with Crippen LogP contribution in [0.4, 0.5) is 0 Å². The van der Waals surface area contributed by atoms with Crippen molar-refractivity contribution >= 4 is 5.91 Å². The predicted octanol–water partition coefficient (Wildman–Crippen LogP) is 1.50. The number of amides is 1. The summed E-state index contributed by atoms with van der Waals surface area (Å²) in [6.45, 7) is 2.80. The lowest BCUT2D eigenvalue weighted by atomic mass is 10.1. The minimum atomic E-state index is 0.0941. The highest BCUT2D eigenvalue weighted by molar-refractivity contribution is 5.78. The van der Waals surface area contributed by atoms with Crippen molar-refractivity contribution in [3.8, 4) is 0 Å². The van der Waals surface area contributed by atoms with Gasteiger partial charge in [0.2, 0.25) is 5.91 Å². The van der Waals surface area contributed by atoms with Gasteiger partial charge in [0.1, 0.15) is 0 Å². The second kappa shape index (κ2) is 8.72. The number of benzene rings is 1. The molecule has 1 aromatic carbocycles. The van der Waals surface area contributed by atoms with Gasteiger partial charge in [0.25, 0.3) is 0 Å². The quantitative estimate of drug-likeness (QED) is 0.742. The standard InChI is InChI=1S/C16H24N2O2/c19-16(18-15-8-11-20-12-9-15)13-17-10-4-7-14-5-2-1-3-6-14/h1-3,5-6,15,17H,4,7-13H2,(H,18,19). The molecule has 1 saturated heterocycles. The van der Waals surface area contributed by atoms with Crippen LogP contribution < -0.4 is 10.6 Å². The van der Waals surface area contributed by atoms with Gasteiger partial charge in [-0.2, -0.15) is 0 Å². The van der Waals surface area contributed by atoms with Crippen LogP contribution in [-0.2, 0) is 16.0 Å². The van der Waals surface area contributed by atoms with Gasteiger partial charge in [0, 0.05) is 19.3 Å². The van der Waals surface area contributed by atoms with E-state index in [9.17, 15) is 4.79 Å². The number of nitrogens with one attached hydrogen (secondary N) is 2. The molecule has 0 unspecified atom stereocenters.